The highest BCUT2D eigenvalue weighted by atomic mass is 32.2. The summed E-state index contributed by atoms with van der Waals surface area (Å²) in [5.41, 5.74) is 0.474. The Morgan fingerprint density at radius 3 is 2.71 bits per heavy atom. The number of anilines is 1. The van der Waals surface area contributed by atoms with Crippen LogP contribution in [0.4, 0.5) is 14.5 Å². The molecule has 1 aliphatic carbocycles. The Labute approximate surface area is 103 Å². The van der Waals surface area contributed by atoms with E-state index in [4.69, 9.17) is 0 Å². The summed E-state index contributed by atoms with van der Waals surface area (Å²) in [6.45, 7) is 2.00. The molecule has 2 atom stereocenters. The normalized spacial score (nSPS) is 22.6. The summed E-state index contributed by atoms with van der Waals surface area (Å²) in [4.78, 5) is 12.1. The van der Waals surface area contributed by atoms with Crippen LogP contribution in [0.3, 0.4) is 0 Å². The maximum atomic E-state index is 12.3. The molecule has 2 unspecified atom stereocenters. The van der Waals surface area contributed by atoms with Gasteiger partial charge in [0.15, 0.2) is 0 Å². The first-order chi connectivity index (χ1) is 8.08. The molecule has 0 saturated heterocycles. The summed E-state index contributed by atoms with van der Waals surface area (Å²) >= 11 is 0.452. The Balaban J connectivity index is 2.06. The van der Waals surface area contributed by atoms with Gasteiger partial charge in [0.25, 0.3) is 5.76 Å². The highest BCUT2D eigenvalue weighted by Crippen LogP contribution is 2.39. The molecule has 1 amide bonds. The van der Waals surface area contributed by atoms with Crippen LogP contribution in [0.1, 0.15) is 13.3 Å². The highest BCUT2D eigenvalue weighted by Gasteiger charge is 2.39. The van der Waals surface area contributed by atoms with Crippen LogP contribution in [0, 0.1) is 11.8 Å². The average Bonchev–Trinajstić information content (AvgIpc) is 2.98. The molecule has 0 heterocycles. The van der Waals surface area contributed by atoms with E-state index in [0.717, 1.165) is 6.42 Å². The van der Waals surface area contributed by atoms with Gasteiger partial charge in [0.1, 0.15) is 0 Å². The number of thioether (sulfide) groups is 1. The van der Waals surface area contributed by atoms with Crippen molar-refractivity contribution in [2.75, 3.05) is 5.32 Å². The third-order valence-electron chi connectivity index (χ3n) is 2.81. The van der Waals surface area contributed by atoms with E-state index in [1.807, 2.05) is 6.92 Å². The van der Waals surface area contributed by atoms with E-state index in [2.05, 4.69) is 5.32 Å². The summed E-state index contributed by atoms with van der Waals surface area (Å²) in [5.74, 6) is -2.10. The number of alkyl halides is 2. The molecule has 0 spiro atoms. The van der Waals surface area contributed by atoms with E-state index >= 15 is 0 Å². The molecule has 1 fully saturated rings. The topological polar surface area (TPSA) is 29.1 Å². The number of amides is 1. The predicted molar refractivity (Wildman–Crippen MR) is 64.2 cm³/mol. The van der Waals surface area contributed by atoms with Crippen molar-refractivity contribution in [3.63, 3.8) is 0 Å². The largest absolute Gasteiger partial charge is 0.325 e. The van der Waals surface area contributed by atoms with Crippen molar-refractivity contribution < 1.29 is 13.6 Å². The first-order valence-electron chi connectivity index (χ1n) is 5.42. The van der Waals surface area contributed by atoms with Crippen molar-refractivity contribution in [1.82, 2.24) is 0 Å². The molecule has 92 valence electrons. The third-order valence-corrected chi connectivity index (χ3v) is 3.60. The molecule has 17 heavy (non-hydrogen) atoms. The third kappa shape index (κ3) is 3.19. The van der Waals surface area contributed by atoms with Gasteiger partial charge in [-0.3, -0.25) is 4.79 Å². The van der Waals surface area contributed by atoms with Gasteiger partial charge in [-0.05, 0) is 24.5 Å². The Morgan fingerprint density at radius 1 is 1.47 bits per heavy atom. The van der Waals surface area contributed by atoms with E-state index in [9.17, 15) is 13.6 Å². The molecule has 0 bridgehead atoms. The van der Waals surface area contributed by atoms with Gasteiger partial charge in [-0.25, -0.2) is 0 Å². The van der Waals surface area contributed by atoms with Gasteiger partial charge in [-0.2, -0.15) is 8.78 Å². The first-order valence-corrected chi connectivity index (χ1v) is 6.30. The lowest BCUT2D eigenvalue weighted by Crippen LogP contribution is -2.15. The minimum Gasteiger partial charge on any atom is -0.325 e. The fourth-order valence-electron chi connectivity index (χ4n) is 1.68. The van der Waals surface area contributed by atoms with Gasteiger partial charge in [0.05, 0.1) is 5.69 Å². The number of carbonyl (C=O) groups excluding carboxylic acids is 1. The SMILES string of the molecule is CC1CC1C(=O)Nc1ccccc1SC(F)F. The number of halogens is 2. The molecular weight excluding hydrogens is 244 g/mol. The van der Waals surface area contributed by atoms with Crippen molar-refractivity contribution in [3.05, 3.63) is 24.3 Å². The number of hydrogen-bond donors (Lipinski definition) is 1. The molecule has 1 N–H and O–H groups in total. The molecule has 2 rings (SSSR count). The fourth-order valence-corrected chi connectivity index (χ4v) is 2.28. The zero-order valence-corrected chi connectivity index (χ0v) is 10.1. The Morgan fingerprint density at radius 2 is 2.12 bits per heavy atom. The van der Waals surface area contributed by atoms with Gasteiger partial charge in [-0.1, -0.05) is 30.8 Å². The molecule has 1 saturated carbocycles. The highest BCUT2D eigenvalue weighted by molar-refractivity contribution is 7.99. The van der Waals surface area contributed by atoms with Crippen LogP contribution in [-0.2, 0) is 4.79 Å². The predicted octanol–water partition coefficient (Wildman–Crippen LogP) is 3.60. The van der Waals surface area contributed by atoms with Crippen LogP contribution in [0.15, 0.2) is 29.2 Å². The summed E-state index contributed by atoms with van der Waals surface area (Å²) in [6.07, 6.45) is 0.885. The maximum absolute atomic E-state index is 12.3. The lowest BCUT2D eigenvalue weighted by molar-refractivity contribution is -0.117. The number of carbonyl (C=O) groups is 1. The van der Waals surface area contributed by atoms with Gasteiger partial charge in [0.2, 0.25) is 5.91 Å². The van der Waals surface area contributed by atoms with Crippen molar-refractivity contribution in [2.45, 2.75) is 24.0 Å². The quantitative estimate of drug-likeness (QED) is 0.835. The summed E-state index contributed by atoms with van der Waals surface area (Å²) < 4.78 is 24.6. The van der Waals surface area contributed by atoms with Crippen molar-refractivity contribution >= 4 is 23.4 Å². The monoisotopic (exact) mass is 257 g/mol. The van der Waals surface area contributed by atoms with Crippen LogP contribution in [-0.4, -0.2) is 11.7 Å². The van der Waals surface area contributed by atoms with Crippen LogP contribution >= 0.6 is 11.8 Å². The maximum Gasteiger partial charge on any atom is 0.288 e. The molecule has 1 aromatic rings. The number of rotatable bonds is 4. The van der Waals surface area contributed by atoms with Crippen LogP contribution < -0.4 is 5.32 Å². The van der Waals surface area contributed by atoms with Crippen molar-refractivity contribution in [1.29, 1.82) is 0 Å². The first kappa shape index (κ1) is 12.4. The summed E-state index contributed by atoms with van der Waals surface area (Å²) in [7, 11) is 0. The Kier molecular flexibility index (Phi) is 3.66. The molecule has 1 aromatic carbocycles. The van der Waals surface area contributed by atoms with Crippen LogP contribution in [0.5, 0.6) is 0 Å². The number of benzene rings is 1. The average molecular weight is 257 g/mol. The van der Waals surface area contributed by atoms with Crippen molar-refractivity contribution in [3.8, 4) is 0 Å². The molecule has 5 heteroatoms. The molecule has 0 aliphatic heterocycles. The molecule has 0 radical (unpaired) electrons. The van der Waals surface area contributed by atoms with Gasteiger partial charge in [0, 0.05) is 10.8 Å². The molecule has 2 nitrogen and oxygen atoms in total. The zero-order valence-electron chi connectivity index (χ0n) is 9.32. The van der Waals surface area contributed by atoms with Crippen molar-refractivity contribution in [2.24, 2.45) is 11.8 Å². The Bertz CT molecular complexity index is 425. The van der Waals surface area contributed by atoms with Gasteiger partial charge >= 0.3 is 0 Å². The molecule has 0 aromatic heterocycles. The zero-order chi connectivity index (χ0) is 12.4. The minimum atomic E-state index is -2.48. The minimum absolute atomic E-state index is 0.0413. The second-order valence-electron chi connectivity index (χ2n) is 4.18. The number of nitrogens with one attached hydrogen (secondary N) is 1. The lowest BCUT2D eigenvalue weighted by atomic mass is 10.3. The van der Waals surface area contributed by atoms with E-state index < -0.39 is 5.76 Å². The van der Waals surface area contributed by atoms with Crippen LogP contribution in [0.2, 0.25) is 0 Å². The second kappa shape index (κ2) is 5.04. The van der Waals surface area contributed by atoms with E-state index in [0.29, 0.717) is 28.3 Å². The van der Waals surface area contributed by atoms with Crippen LogP contribution in [0.25, 0.3) is 0 Å². The van der Waals surface area contributed by atoms with E-state index in [1.165, 1.54) is 0 Å². The Hall–Kier alpha value is -1.10. The smallest absolute Gasteiger partial charge is 0.288 e. The summed E-state index contributed by atoms with van der Waals surface area (Å²) in [6, 6.07) is 6.64. The molecular formula is C12H13F2NOS. The lowest BCUT2D eigenvalue weighted by Gasteiger charge is -2.09. The fraction of sp³-hybridized carbons (Fsp3) is 0.417. The number of para-hydroxylation sites is 1. The van der Waals surface area contributed by atoms with Gasteiger partial charge in [-0.15, -0.1) is 0 Å². The van der Waals surface area contributed by atoms with E-state index in [-0.39, 0.29) is 11.8 Å². The summed E-state index contributed by atoms with van der Waals surface area (Å²) in [5, 5.41) is 2.72. The van der Waals surface area contributed by atoms with E-state index in [1.54, 1.807) is 24.3 Å². The standard InChI is InChI=1S/C12H13F2NOS/c1-7-6-8(7)11(16)15-9-4-2-3-5-10(9)17-12(13)14/h2-5,7-8,12H,6H2,1H3,(H,15,16). The number of hydrogen-bond acceptors (Lipinski definition) is 2. The second-order valence-corrected chi connectivity index (χ2v) is 5.22. The molecule has 1 aliphatic rings. The van der Waals surface area contributed by atoms with Gasteiger partial charge < -0.3 is 5.32 Å².